The minimum atomic E-state index is -4.31. The van der Waals surface area contributed by atoms with Gasteiger partial charge in [-0.3, -0.25) is 4.79 Å². The number of Topliss-reactive ketones (excluding diaryl/α,β-unsaturated/α-hetero) is 1. The maximum atomic E-state index is 12.9. The average molecular weight is 386 g/mol. The van der Waals surface area contributed by atoms with Crippen molar-refractivity contribution in [3.05, 3.63) is 71.3 Å². The van der Waals surface area contributed by atoms with Crippen LogP contribution in [0.2, 0.25) is 0 Å². The van der Waals surface area contributed by atoms with Crippen LogP contribution in [-0.2, 0) is 5.41 Å². The number of rotatable bonds is 5. The van der Waals surface area contributed by atoms with E-state index in [-0.39, 0.29) is 24.0 Å². The van der Waals surface area contributed by atoms with E-state index in [4.69, 9.17) is 0 Å². The molecule has 0 saturated heterocycles. The molecular formula is C24H25F3O. The smallest absolute Gasteiger partial charge is 0.294 e. The van der Waals surface area contributed by atoms with Crippen molar-refractivity contribution in [2.45, 2.75) is 51.6 Å². The van der Waals surface area contributed by atoms with Crippen molar-refractivity contribution in [3.63, 3.8) is 0 Å². The van der Waals surface area contributed by atoms with Crippen LogP contribution in [0, 0.1) is 17.8 Å². The Balaban J connectivity index is 2.09. The van der Waals surface area contributed by atoms with E-state index < -0.39 is 18.5 Å². The van der Waals surface area contributed by atoms with Gasteiger partial charge in [0.25, 0.3) is 0 Å². The highest BCUT2D eigenvalue weighted by Gasteiger charge is 2.31. The summed E-state index contributed by atoms with van der Waals surface area (Å²) in [6, 6.07) is 16.2. The van der Waals surface area contributed by atoms with Crippen molar-refractivity contribution < 1.29 is 18.0 Å². The monoisotopic (exact) mass is 386 g/mol. The van der Waals surface area contributed by atoms with Gasteiger partial charge in [0, 0.05) is 23.5 Å². The lowest BCUT2D eigenvalue weighted by molar-refractivity contribution is -0.140. The van der Waals surface area contributed by atoms with Gasteiger partial charge < -0.3 is 0 Å². The van der Waals surface area contributed by atoms with Crippen molar-refractivity contribution in [1.29, 1.82) is 0 Å². The number of hydrogen-bond donors (Lipinski definition) is 0. The molecule has 0 saturated carbocycles. The van der Waals surface area contributed by atoms with Crippen molar-refractivity contribution in [3.8, 4) is 11.8 Å². The Bertz CT molecular complexity index is 832. The van der Waals surface area contributed by atoms with Gasteiger partial charge in [0.1, 0.15) is 0 Å². The van der Waals surface area contributed by atoms with Gasteiger partial charge in [0.2, 0.25) is 0 Å². The highest BCUT2D eigenvalue weighted by molar-refractivity contribution is 5.95. The van der Waals surface area contributed by atoms with Crippen molar-refractivity contribution >= 4 is 5.78 Å². The Labute approximate surface area is 165 Å². The van der Waals surface area contributed by atoms with E-state index in [0.717, 1.165) is 5.56 Å². The largest absolute Gasteiger partial charge is 0.390 e. The molecule has 0 aromatic heterocycles. The molecule has 0 radical (unpaired) electrons. The van der Waals surface area contributed by atoms with Crippen LogP contribution in [0.3, 0.4) is 0 Å². The standard InChI is InChI=1S/C24H25F3O/c1-23(2,3)21-14-11-18(12-15-21)9-10-19(17-24(25,26)27)13-16-22(28)20-7-5-4-6-8-20/h4-8,11-12,14-15,19H,13,16-17H2,1-3H3. The molecule has 0 heterocycles. The van der Waals surface area contributed by atoms with E-state index in [1.807, 2.05) is 24.3 Å². The molecule has 0 aliphatic heterocycles. The van der Waals surface area contributed by atoms with Gasteiger partial charge in [-0.1, -0.05) is 75.1 Å². The van der Waals surface area contributed by atoms with Gasteiger partial charge in [0.15, 0.2) is 5.78 Å². The van der Waals surface area contributed by atoms with Crippen molar-refractivity contribution in [1.82, 2.24) is 0 Å². The number of benzene rings is 2. The fourth-order valence-electron chi connectivity index (χ4n) is 2.82. The number of alkyl halides is 3. The van der Waals surface area contributed by atoms with Gasteiger partial charge in [-0.15, -0.1) is 0 Å². The molecule has 2 aromatic rings. The predicted molar refractivity (Wildman–Crippen MR) is 106 cm³/mol. The normalized spacial score (nSPS) is 12.8. The Hall–Kier alpha value is -2.54. The molecule has 2 aromatic carbocycles. The molecule has 0 bridgehead atoms. The summed E-state index contributed by atoms with van der Waals surface area (Å²) in [5.41, 5.74) is 2.33. The molecule has 1 nitrogen and oxygen atoms in total. The molecule has 28 heavy (non-hydrogen) atoms. The molecule has 2 rings (SSSR count). The molecule has 4 heteroatoms. The summed E-state index contributed by atoms with van der Waals surface area (Å²) in [4.78, 5) is 12.2. The third kappa shape index (κ3) is 7.23. The molecule has 0 amide bonds. The number of halogens is 3. The zero-order chi connectivity index (χ0) is 20.8. The first kappa shape index (κ1) is 21.8. The van der Waals surface area contributed by atoms with E-state index in [2.05, 4.69) is 32.6 Å². The Kier molecular flexibility index (Phi) is 7.07. The summed E-state index contributed by atoms with van der Waals surface area (Å²) in [6.07, 6.45) is -5.20. The number of ketones is 1. The van der Waals surface area contributed by atoms with E-state index in [0.29, 0.717) is 11.1 Å². The zero-order valence-electron chi connectivity index (χ0n) is 16.4. The zero-order valence-corrected chi connectivity index (χ0v) is 16.4. The Morgan fingerprint density at radius 3 is 2.11 bits per heavy atom. The lowest BCUT2D eigenvalue weighted by Crippen LogP contribution is -2.15. The number of carbonyl (C=O) groups excluding carboxylic acids is 1. The fraction of sp³-hybridized carbons (Fsp3) is 0.375. The lowest BCUT2D eigenvalue weighted by Gasteiger charge is -2.18. The maximum Gasteiger partial charge on any atom is 0.390 e. The first-order valence-corrected chi connectivity index (χ1v) is 9.32. The lowest BCUT2D eigenvalue weighted by atomic mass is 9.87. The second-order valence-corrected chi connectivity index (χ2v) is 7.94. The first-order chi connectivity index (χ1) is 13.0. The second-order valence-electron chi connectivity index (χ2n) is 7.94. The number of carbonyl (C=O) groups is 1. The van der Waals surface area contributed by atoms with Gasteiger partial charge in [-0.05, 0) is 29.5 Å². The van der Waals surface area contributed by atoms with Crippen LogP contribution in [0.15, 0.2) is 54.6 Å². The highest BCUT2D eigenvalue weighted by Crippen LogP contribution is 2.28. The van der Waals surface area contributed by atoms with E-state index in [1.165, 1.54) is 0 Å². The average Bonchev–Trinajstić information content (AvgIpc) is 2.63. The predicted octanol–water partition coefficient (Wildman–Crippen LogP) is 6.57. The Morgan fingerprint density at radius 1 is 0.964 bits per heavy atom. The third-order valence-electron chi connectivity index (χ3n) is 4.47. The van der Waals surface area contributed by atoms with Gasteiger partial charge >= 0.3 is 6.18 Å². The molecule has 148 valence electrons. The van der Waals surface area contributed by atoms with Crippen LogP contribution in [0.1, 0.15) is 61.5 Å². The number of hydrogen-bond acceptors (Lipinski definition) is 1. The minimum absolute atomic E-state index is 0.00256. The molecule has 0 aliphatic carbocycles. The second kappa shape index (κ2) is 9.10. The molecule has 0 N–H and O–H groups in total. The summed E-state index contributed by atoms with van der Waals surface area (Å²) in [5.74, 6) is 4.51. The van der Waals surface area contributed by atoms with Crippen LogP contribution in [0.4, 0.5) is 13.2 Å². The van der Waals surface area contributed by atoms with Crippen LogP contribution in [0.5, 0.6) is 0 Å². The van der Waals surface area contributed by atoms with E-state index >= 15 is 0 Å². The molecule has 1 unspecified atom stereocenters. The molecule has 0 aliphatic rings. The summed E-state index contributed by atoms with van der Waals surface area (Å²) in [6.45, 7) is 6.28. The molecule has 0 spiro atoms. The van der Waals surface area contributed by atoms with Crippen LogP contribution < -0.4 is 0 Å². The molecule has 1 atom stereocenters. The van der Waals surface area contributed by atoms with Crippen molar-refractivity contribution in [2.75, 3.05) is 0 Å². The first-order valence-electron chi connectivity index (χ1n) is 9.32. The highest BCUT2D eigenvalue weighted by atomic mass is 19.4. The van der Waals surface area contributed by atoms with Crippen LogP contribution >= 0.6 is 0 Å². The van der Waals surface area contributed by atoms with Crippen molar-refractivity contribution in [2.24, 2.45) is 5.92 Å². The van der Waals surface area contributed by atoms with Gasteiger partial charge in [-0.25, -0.2) is 0 Å². The Morgan fingerprint density at radius 2 is 1.57 bits per heavy atom. The van der Waals surface area contributed by atoms with E-state index in [1.54, 1.807) is 30.3 Å². The summed E-state index contributed by atoms with van der Waals surface area (Å²) < 4.78 is 38.7. The van der Waals surface area contributed by atoms with Crippen LogP contribution in [0.25, 0.3) is 0 Å². The quantitative estimate of drug-likeness (QED) is 0.420. The SMILES string of the molecule is CC(C)(C)c1ccc(C#CC(CCC(=O)c2ccccc2)CC(F)(F)F)cc1. The summed E-state index contributed by atoms with van der Waals surface area (Å²) in [7, 11) is 0. The van der Waals surface area contributed by atoms with Crippen LogP contribution in [-0.4, -0.2) is 12.0 Å². The van der Waals surface area contributed by atoms with E-state index in [9.17, 15) is 18.0 Å². The fourth-order valence-corrected chi connectivity index (χ4v) is 2.82. The summed E-state index contributed by atoms with van der Waals surface area (Å²) >= 11 is 0. The van der Waals surface area contributed by atoms with Gasteiger partial charge in [0.05, 0.1) is 6.42 Å². The minimum Gasteiger partial charge on any atom is -0.294 e. The molecule has 0 fully saturated rings. The summed E-state index contributed by atoms with van der Waals surface area (Å²) in [5, 5.41) is 0. The third-order valence-corrected chi connectivity index (χ3v) is 4.47. The van der Waals surface area contributed by atoms with Gasteiger partial charge in [-0.2, -0.15) is 13.2 Å². The topological polar surface area (TPSA) is 17.1 Å². The maximum absolute atomic E-state index is 12.9. The molecular weight excluding hydrogens is 361 g/mol.